The molecule has 1 aliphatic heterocycles. The molecule has 0 radical (unpaired) electrons. The Bertz CT molecular complexity index is 445. The maximum atomic E-state index is 12.4. The van der Waals surface area contributed by atoms with Crippen LogP contribution in [-0.4, -0.2) is 24.7 Å². The van der Waals surface area contributed by atoms with Crippen LogP contribution in [0.4, 0.5) is 0 Å². The largest absolute Gasteiger partial charge is 0.381 e. The van der Waals surface area contributed by atoms with Gasteiger partial charge < -0.3 is 10.1 Å². The van der Waals surface area contributed by atoms with Gasteiger partial charge in [-0.3, -0.25) is 4.79 Å². The molecule has 20 heavy (non-hydrogen) atoms. The molecule has 1 N–H and O–H groups in total. The number of benzene rings is 1. The third-order valence-electron chi connectivity index (χ3n) is 4.63. The number of hydrogen-bond donors (Lipinski definition) is 1. The highest BCUT2D eigenvalue weighted by atomic mass is 16.5. The Morgan fingerprint density at radius 3 is 2.65 bits per heavy atom. The third-order valence-corrected chi connectivity index (χ3v) is 4.63. The average molecular weight is 273 g/mol. The standard InChI is InChI=1S/C17H23NO2/c19-16(15-8-11-20-13-15)18-17(9-4-5-10-17)12-14-6-2-1-3-7-14/h1-3,6-7,15H,4-5,8-13H2,(H,18,19)/t15-/m1/s1. The number of carbonyl (C=O) groups is 1. The van der Waals surface area contributed by atoms with E-state index in [4.69, 9.17) is 4.74 Å². The van der Waals surface area contributed by atoms with Crippen molar-refractivity contribution in [2.75, 3.05) is 13.2 Å². The van der Waals surface area contributed by atoms with Crippen molar-refractivity contribution in [3.8, 4) is 0 Å². The first-order valence-electron chi connectivity index (χ1n) is 7.71. The van der Waals surface area contributed by atoms with Gasteiger partial charge in [0.05, 0.1) is 12.5 Å². The topological polar surface area (TPSA) is 38.3 Å². The van der Waals surface area contributed by atoms with Crippen LogP contribution >= 0.6 is 0 Å². The third kappa shape index (κ3) is 3.04. The van der Waals surface area contributed by atoms with Gasteiger partial charge in [-0.15, -0.1) is 0 Å². The Labute approximate surface area is 120 Å². The van der Waals surface area contributed by atoms with Gasteiger partial charge in [0, 0.05) is 12.1 Å². The second-order valence-electron chi connectivity index (χ2n) is 6.20. The Morgan fingerprint density at radius 1 is 1.25 bits per heavy atom. The second-order valence-corrected chi connectivity index (χ2v) is 6.20. The summed E-state index contributed by atoms with van der Waals surface area (Å²) in [5.74, 6) is 0.253. The summed E-state index contributed by atoms with van der Waals surface area (Å²) in [7, 11) is 0. The lowest BCUT2D eigenvalue weighted by atomic mass is 9.88. The first kappa shape index (κ1) is 13.6. The fourth-order valence-corrected chi connectivity index (χ4v) is 3.49. The van der Waals surface area contributed by atoms with Crippen molar-refractivity contribution in [2.45, 2.75) is 44.1 Å². The van der Waals surface area contributed by atoms with Crippen molar-refractivity contribution in [1.29, 1.82) is 0 Å². The van der Waals surface area contributed by atoms with E-state index in [1.165, 1.54) is 18.4 Å². The smallest absolute Gasteiger partial charge is 0.225 e. The molecule has 3 rings (SSSR count). The Hall–Kier alpha value is -1.35. The molecule has 1 aromatic carbocycles. The normalized spacial score (nSPS) is 24.7. The van der Waals surface area contributed by atoms with Crippen molar-refractivity contribution in [3.63, 3.8) is 0 Å². The monoisotopic (exact) mass is 273 g/mol. The van der Waals surface area contributed by atoms with E-state index in [-0.39, 0.29) is 17.4 Å². The van der Waals surface area contributed by atoms with Crippen LogP contribution in [0.1, 0.15) is 37.7 Å². The maximum Gasteiger partial charge on any atom is 0.225 e. The lowest BCUT2D eigenvalue weighted by molar-refractivity contribution is -0.126. The summed E-state index contributed by atoms with van der Waals surface area (Å²) in [6, 6.07) is 10.5. The molecule has 108 valence electrons. The summed E-state index contributed by atoms with van der Waals surface area (Å²) in [6.45, 7) is 1.32. The summed E-state index contributed by atoms with van der Waals surface area (Å²) in [4.78, 5) is 12.4. The van der Waals surface area contributed by atoms with Gasteiger partial charge in [-0.2, -0.15) is 0 Å². The minimum Gasteiger partial charge on any atom is -0.381 e. The molecule has 2 fully saturated rings. The summed E-state index contributed by atoms with van der Waals surface area (Å²) in [6.07, 6.45) is 6.45. The highest BCUT2D eigenvalue weighted by Crippen LogP contribution is 2.33. The minimum atomic E-state index is -0.0268. The Balaban J connectivity index is 1.69. The van der Waals surface area contributed by atoms with Crippen LogP contribution in [0.15, 0.2) is 30.3 Å². The van der Waals surface area contributed by atoms with Gasteiger partial charge in [-0.05, 0) is 31.2 Å². The van der Waals surface area contributed by atoms with Gasteiger partial charge in [-0.1, -0.05) is 43.2 Å². The summed E-state index contributed by atoms with van der Waals surface area (Å²) < 4.78 is 5.33. The SMILES string of the molecule is O=C(NC1(Cc2ccccc2)CCCC1)[C@@H]1CCOC1. The second kappa shape index (κ2) is 5.96. The van der Waals surface area contributed by atoms with Crippen molar-refractivity contribution >= 4 is 5.91 Å². The van der Waals surface area contributed by atoms with Crippen LogP contribution in [0.2, 0.25) is 0 Å². The zero-order valence-corrected chi connectivity index (χ0v) is 11.9. The molecule has 1 aromatic rings. The molecule has 1 saturated heterocycles. The van der Waals surface area contributed by atoms with E-state index in [1.807, 2.05) is 6.07 Å². The molecule has 1 atom stereocenters. The van der Waals surface area contributed by atoms with Gasteiger partial charge >= 0.3 is 0 Å². The highest BCUT2D eigenvalue weighted by molar-refractivity contribution is 5.80. The lowest BCUT2D eigenvalue weighted by Crippen LogP contribution is -2.50. The lowest BCUT2D eigenvalue weighted by Gasteiger charge is -2.31. The number of ether oxygens (including phenoxy) is 1. The van der Waals surface area contributed by atoms with Gasteiger partial charge in [0.1, 0.15) is 0 Å². The zero-order chi connectivity index (χ0) is 13.8. The van der Waals surface area contributed by atoms with Crippen LogP contribution in [0.3, 0.4) is 0 Å². The predicted molar refractivity (Wildman–Crippen MR) is 78.4 cm³/mol. The molecule has 0 aromatic heterocycles. The fourth-order valence-electron chi connectivity index (χ4n) is 3.49. The van der Waals surface area contributed by atoms with Crippen LogP contribution < -0.4 is 5.32 Å². The number of hydrogen-bond acceptors (Lipinski definition) is 2. The van der Waals surface area contributed by atoms with E-state index >= 15 is 0 Å². The molecule has 3 nitrogen and oxygen atoms in total. The van der Waals surface area contributed by atoms with Crippen molar-refractivity contribution in [1.82, 2.24) is 5.32 Å². The average Bonchev–Trinajstić information content (AvgIpc) is 3.11. The highest BCUT2D eigenvalue weighted by Gasteiger charge is 2.37. The van der Waals surface area contributed by atoms with Gasteiger partial charge in [0.25, 0.3) is 0 Å². The molecule has 0 unspecified atom stereocenters. The molecule has 3 heteroatoms. The zero-order valence-electron chi connectivity index (χ0n) is 11.9. The molecule has 2 aliphatic rings. The van der Waals surface area contributed by atoms with Gasteiger partial charge in [-0.25, -0.2) is 0 Å². The number of rotatable bonds is 4. The van der Waals surface area contributed by atoms with Crippen LogP contribution in [-0.2, 0) is 16.0 Å². The molecular weight excluding hydrogens is 250 g/mol. The van der Waals surface area contributed by atoms with Crippen molar-refractivity contribution in [3.05, 3.63) is 35.9 Å². The van der Waals surface area contributed by atoms with Crippen molar-refractivity contribution < 1.29 is 9.53 Å². The van der Waals surface area contributed by atoms with Gasteiger partial charge in [0.15, 0.2) is 0 Å². The summed E-state index contributed by atoms with van der Waals surface area (Å²) >= 11 is 0. The van der Waals surface area contributed by atoms with Crippen LogP contribution in [0.25, 0.3) is 0 Å². The first-order valence-corrected chi connectivity index (χ1v) is 7.71. The molecule has 0 bridgehead atoms. The number of nitrogens with one attached hydrogen (secondary N) is 1. The van der Waals surface area contributed by atoms with E-state index in [1.54, 1.807) is 0 Å². The van der Waals surface area contributed by atoms with E-state index < -0.39 is 0 Å². The quantitative estimate of drug-likeness (QED) is 0.916. The number of amides is 1. The molecular formula is C17H23NO2. The maximum absolute atomic E-state index is 12.4. The predicted octanol–water partition coefficient (Wildman–Crippen LogP) is 2.69. The number of carbonyl (C=O) groups excluding carboxylic acids is 1. The molecule has 1 aliphatic carbocycles. The first-order chi connectivity index (χ1) is 9.77. The molecule has 1 heterocycles. The van der Waals surface area contributed by atoms with Gasteiger partial charge in [0.2, 0.25) is 5.91 Å². The van der Waals surface area contributed by atoms with Crippen molar-refractivity contribution in [2.24, 2.45) is 5.92 Å². The van der Waals surface area contributed by atoms with Crippen LogP contribution in [0.5, 0.6) is 0 Å². The van der Waals surface area contributed by atoms with E-state index in [0.29, 0.717) is 6.61 Å². The molecule has 1 amide bonds. The van der Waals surface area contributed by atoms with E-state index in [9.17, 15) is 4.79 Å². The van der Waals surface area contributed by atoms with E-state index in [0.717, 1.165) is 32.3 Å². The van der Waals surface area contributed by atoms with E-state index in [2.05, 4.69) is 29.6 Å². The minimum absolute atomic E-state index is 0.0268. The summed E-state index contributed by atoms with van der Waals surface area (Å²) in [5.41, 5.74) is 1.29. The molecule has 0 spiro atoms. The Morgan fingerprint density at radius 2 is 2.00 bits per heavy atom. The molecule has 1 saturated carbocycles. The fraction of sp³-hybridized carbons (Fsp3) is 0.588. The van der Waals surface area contributed by atoms with Crippen LogP contribution in [0, 0.1) is 5.92 Å². The summed E-state index contributed by atoms with van der Waals surface area (Å²) in [5, 5.41) is 3.36. The Kier molecular flexibility index (Phi) is 4.06.